The van der Waals surface area contributed by atoms with Crippen LogP contribution >= 0.6 is 23.1 Å². The molecule has 0 atom stereocenters. The van der Waals surface area contributed by atoms with E-state index in [0.29, 0.717) is 21.2 Å². The topological polar surface area (TPSA) is 29.0 Å². The van der Waals surface area contributed by atoms with Gasteiger partial charge in [-0.05, 0) is 5.65 Å². The monoisotopic (exact) mass is 281 g/mol. The molecule has 1 heterocycles. The number of rotatable bonds is 4. The van der Waals surface area contributed by atoms with E-state index in [1.807, 2.05) is 0 Å². The number of anilines is 1. The molecule has 0 fully saturated rings. The molecule has 0 N–H and O–H groups in total. The van der Waals surface area contributed by atoms with Crippen LogP contribution in [-0.4, -0.2) is 36.9 Å². The molecule has 3 nitrogen and oxygen atoms in total. The fourth-order valence-electron chi connectivity index (χ4n) is 0.607. The first-order valence-electron chi connectivity index (χ1n) is 3.73. The van der Waals surface area contributed by atoms with E-state index in [1.165, 1.54) is 0 Å². The predicted molar refractivity (Wildman–Crippen MR) is 54.0 cm³/mol. The summed E-state index contributed by atoms with van der Waals surface area (Å²) in [6.07, 6.45) is 0. The summed E-state index contributed by atoms with van der Waals surface area (Å²) in [4.78, 5) is 1.71. The van der Waals surface area contributed by atoms with Gasteiger partial charge in [-0.1, -0.05) is 11.3 Å². The number of hydrogen-bond donors (Lipinski definition) is 0. The Morgan fingerprint density at radius 3 is 2.33 bits per heavy atom. The molecule has 0 unspecified atom stereocenters. The Bertz CT molecular complexity index is 306. The second kappa shape index (κ2) is 6.82. The van der Waals surface area contributed by atoms with Crippen LogP contribution in [0.4, 0.5) is 18.1 Å². The van der Waals surface area contributed by atoms with Gasteiger partial charge in [0.2, 0.25) is 5.13 Å². The normalized spacial score (nSPS) is 11.0. The summed E-state index contributed by atoms with van der Waals surface area (Å²) in [7, 11) is 3.53. The molecule has 0 aromatic carbocycles. The summed E-state index contributed by atoms with van der Waals surface area (Å²) in [5.41, 5.74) is -0.859. The molecular formula is C5H8BF3KN3S2. The van der Waals surface area contributed by atoms with Crippen molar-refractivity contribution in [3.8, 4) is 0 Å². The summed E-state index contributed by atoms with van der Waals surface area (Å²) in [5.74, 6) is 0. The molecule has 1 rings (SSSR count). The first kappa shape index (κ1) is 16.2. The van der Waals surface area contributed by atoms with Gasteiger partial charge < -0.3 is 17.8 Å². The zero-order valence-electron chi connectivity index (χ0n) is 8.58. The molecule has 1 aromatic heterocycles. The maximum absolute atomic E-state index is 11.9. The first-order chi connectivity index (χ1) is 6.38. The van der Waals surface area contributed by atoms with Crippen LogP contribution in [0.1, 0.15) is 0 Å². The summed E-state index contributed by atoms with van der Waals surface area (Å²) in [6, 6.07) is 0. The molecule has 0 bridgehead atoms. The van der Waals surface area contributed by atoms with E-state index in [1.54, 1.807) is 19.0 Å². The van der Waals surface area contributed by atoms with Gasteiger partial charge in [0.1, 0.15) is 0 Å². The number of aromatic nitrogens is 2. The van der Waals surface area contributed by atoms with E-state index < -0.39 is 12.6 Å². The molecule has 0 saturated heterocycles. The molecule has 10 heteroatoms. The second-order valence-corrected chi connectivity index (χ2v) is 4.99. The number of thioether (sulfide) groups is 1. The van der Waals surface area contributed by atoms with Gasteiger partial charge in [0.05, 0.1) is 0 Å². The van der Waals surface area contributed by atoms with Crippen molar-refractivity contribution in [3.63, 3.8) is 0 Å². The van der Waals surface area contributed by atoms with Crippen molar-refractivity contribution < 1.29 is 64.3 Å². The van der Waals surface area contributed by atoms with Crippen molar-refractivity contribution in [1.29, 1.82) is 0 Å². The van der Waals surface area contributed by atoms with E-state index in [0.717, 1.165) is 11.3 Å². The van der Waals surface area contributed by atoms with Gasteiger partial charge in [-0.25, -0.2) is 0 Å². The van der Waals surface area contributed by atoms with Gasteiger partial charge in [0, 0.05) is 14.1 Å². The molecule has 0 amide bonds. The van der Waals surface area contributed by atoms with Crippen molar-refractivity contribution >= 4 is 35.2 Å². The average Bonchev–Trinajstić information content (AvgIpc) is 2.47. The summed E-state index contributed by atoms with van der Waals surface area (Å²) in [5, 5.41) is 7.98. The van der Waals surface area contributed by atoms with Crippen molar-refractivity contribution in [2.24, 2.45) is 0 Å². The van der Waals surface area contributed by atoms with Crippen LogP contribution in [0.2, 0.25) is 0 Å². The Balaban J connectivity index is 0.00000196. The number of hydrogen-bond acceptors (Lipinski definition) is 5. The van der Waals surface area contributed by atoms with Crippen LogP contribution in [-0.2, 0) is 0 Å². The van der Waals surface area contributed by atoms with Gasteiger partial charge >= 0.3 is 58.4 Å². The Kier molecular flexibility index (Phi) is 7.37. The van der Waals surface area contributed by atoms with E-state index in [4.69, 9.17) is 0 Å². The molecule has 0 radical (unpaired) electrons. The third kappa shape index (κ3) is 6.49. The molecule has 1 aromatic rings. The van der Waals surface area contributed by atoms with Crippen LogP contribution in [0.15, 0.2) is 4.34 Å². The summed E-state index contributed by atoms with van der Waals surface area (Å²) < 4.78 is 36.0. The molecule has 0 aliphatic rings. The largest absolute Gasteiger partial charge is 1.00 e. The van der Waals surface area contributed by atoms with Gasteiger partial charge in [0.25, 0.3) is 0 Å². The molecule has 0 aliphatic carbocycles. The summed E-state index contributed by atoms with van der Waals surface area (Å²) in [6.45, 7) is -4.75. The zero-order chi connectivity index (χ0) is 10.8. The molecule has 0 saturated carbocycles. The number of nitrogens with zero attached hydrogens (tertiary/aromatic N) is 3. The Hall–Kier alpha value is 1.20. The molecule has 0 aliphatic heterocycles. The van der Waals surface area contributed by atoms with E-state index in [9.17, 15) is 12.9 Å². The van der Waals surface area contributed by atoms with Crippen molar-refractivity contribution in [2.75, 3.05) is 24.6 Å². The van der Waals surface area contributed by atoms with Crippen LogP contribution in [0.3, 0.4) is 0 Å². The smallest absolute Gasteiger partial charge is 0.448 e. The van der Waals surface area contributed by atoms with Gasteiger partial charge in [0.15, 0.2) is 4.34 Å². The molecule has 15 heavy (non-hydrogen) atoms. The summed E-state index contributed by atoms with van der Waals surface area (Å²) >= 11 is 1.84. The Morgan fingerprint density at radius 2 is 1.93 bits per heavy atom. The third-order valence-corrected chi connectivity index (χ3v) is 3.54. The molecular weight excluding hydrogens is 273 g/mol. The fourth-order valence-corrected chi connectivity index (χ4v) is 2.20. The quantitative estimate of drug-likeness (QED) is 0.528. The predicted octanol–water partition coefficient (Wildman–Crippen LogP) is -0.913. The van der Waals surface area contributed by atoms with Crippen LogP contribution in [0, 0.1) is 0 Å². The van der Waals surface area contributed by atoms with E-state index in [-0.39, 0.29) is 51.4 Å². The van der Waals surface area contributed by atoms with Crippen LogP contribution < -0.4 is 56.3 Å². The van der Waals surface area contributed by atoms with Gasteiger partial charge in [-0.3, -0.25) is 0 Å². The maximum Gasteiger partial charge on any atom is 1.00 e. The fraction of sp³-hybridized carbons (Fsp3) is 0.600. The molecule has 0 spiro atoms. The Labute approximate surface area is 137 Å². The Morgan fingerprint density at radius 1 is 1.33 bits per heavy atom. The van der Waals surface area contributed by atoms with Crippen LogP contribution in [0.5, 0.6) is 0 Å². The minimum atomic E-state index is -4.75. The van der Waals surface area contributed by atoms with Crippen LogP contribution in [0.25, 0.3) is 0 Å². The minimum absolute atomic E-state index is 0. The van der Waals surface area contributed by atoms with Crippen molar-refractivity contribution in [2.45, 2.75) is 4.34 Å². The van der Waals surface area contributed by atoms with Gasteiger partial charge in [-0.2, -0.15) is 0 Å². The number of halogens is 3. The zero-order valence-corrected chi connectivity index (χ0v) is 13.3. The first-order valence-corrected chi connectivity index (χ1v) is 5.53. The standard InChI is InChI=1S/C5H8BF3N3S2.K/c1-12(2)4-10-11-5(14-4)13-3-6(7,8)9;/h3H2,1-2H3;/q-1;+1. The third-order valence-electron chi connectivity index (χ3n) is 1.17. The van der Waals surface area contributed by atoms with E-state index in [2.05, 4.69) is 10.2 Å². The van der Waals surface area contributed by atoms with Crippen molar-refractivity contribution in [3.05, 3.63) is 0 Å². The van der Waals surface area contributed by atoms with E-state index >= 15 is 0 Å². The minimum Gasteiger partial charge on any atom is -0.448 e. The van der Waals surface area contributed by atoms with Crippen molar-refractivity contribution in [1.82, 2.24) is 10.2 Å². The molecule has 80 valence electrons. The SMILES string of the molecule is CN(C)c1nnc(SC[B-](F)(F)F)s1.[K+]. The average molecular weight is 281 g/mol. The van der Waals surface area contributed by atoms with Gasteiger partial charge in [-0.15, -0.1) is 22.0 Å². The maximum atomic E-state index is 11.9. The second-order valence-electron chi connectivity index (χ2n) is 2.77.